The number of para-hydroxylation sites is 2. The molecule has 142 valence electrons. The van der Waals surface area contributed by atoms with Gasteiger partial charge < -0.3 is 5.73 Å². The lowest BCUT2D eigenvalue weighted by atomic mass is 9.91. The van der Waals surface area contributed by atoms with Crippen molar-refractivity contribution in [3.8, 4) is 0 Å². The van der Waals surface area contributed by atoms with E-state index in [0.717, 1.165) is 16.6 Å². The molecule has 3 atom stereocenters. The minimum atomic E-state index is -0.386. The fourth-order valence-corrected chi connectivity index (χ4v) is 3.99. The van der Waals surface area contributed by atoms with Gasteiger partial charge in [0.05, 0.1) is 22.0 Å². The Bertz CT molecular complexity index is 1110. The molecule has 0 radical (unpaired) electrons. The molecule has 3 aromatic rings. The lowest BCUT2D eigenvalue weighted by molar-refractivity contribution is -0.384. The van der Waals surface area contributed by atoms with Crippen LogP contribution in [0.3, 0.4) is 0 Å². The summed E-state index contributed by atoms with van der Waals surface area (Å²) >= 11 is 0. The molecule has 0 saturated carbocycles. The molecule has 1 fully saturated rings. The summed E-state index contributed by atoms with van der Waals surface area (Å²) in [4.78, 5) is 20.1. The predicted molar refractivity (Wildman–Crippen MR) is 104 cm³/mol. The number of rotatable bonds is 3. The number of hydrazine groups is 1. The minimum absolute atomic E-state index is 0.0287. The minimum Gasteiger partial charge on any atom is -0.370 e. The highest BCUT2D eigenvalue weighted by atomic mass is 16.6. The van der Waals surface area contributed by atoms with Crippen LogP contribution >= 0.6 is 0 Å². The van der Waals surface area contributed by atoms with Gasteiger partial charge in [0, 0.05) is 24.6 Å². The first kappa shape index (κ1) is 16.7. The number of nitrogens with zero attached hydrogens (tertiary/aromatic N) is 4. The summed E-state index contributed by atoms with van der Waals surface area (Å²) in [5, 5.41) is 14.2. The molecule has 5 rings (SSSR count). The molecule has 10 nitrogen and oxygen atoms in total. The average molecular weight is 378 g/mol. The SMILES string of the molecule is NC1=NC(C2CNNC2c2cccc([N+](=O)[O-])c2)n2c(nc3ccccc32)N1. The topological polar surface area (TPSA) is 135 Å². The van der Waals surface area contributed by atoms with Gasteiger partial charge in [0.25, 0.3) is 5.69 Å². The van der Waals surface area contributed by atoms with Gasteiger partial charge in [-0.25, -0.2) is 15.4 Å². The van der Waals surface area contributed by atoms with Gasteiger partial charge in [0.1, 0.15) is 6.17 Å². The van der Waals surface area contributed by atoms with Crippen LogP contribution in [0.5, 0.6) is 0 Å². The van der Waals surface area contributed by atoms with E-state index in [1.807, 2.05) is 34.9 Å². The third-order valence-corrected chi connectivity index (χ3v) is 5.22. The number of nitro benzene ring substituents is 1. The van der Waals surface area contributed by atoms with E-state index >= 15 is 0 Å². The first-order valence-electron chi connectivity index (χ1n) is 8.92. The Morgan fingerprint density at radius 3 is 2.93 bits per heavy atom. The van der Waals surface area contributed by atoms with Gasteiger partial charge in [0.2, 0.25) is 5.95 Å². The van der Waals surface area contributed by atoms with Crippen molar-refractivity contribution in [3.63, 3.8) is 0 Å². The van der Waals surface area contributed by atoms with Gasteiger partial charge in [-0.15, -0.1) is 0 Å². The molecule has 2 aliphatic heterocycles. The van der Waals surface area contributed by atoms with Crippen LogP contribution in [0, 0.1) is 16.0 Å². The number of benzene rings is 2. The van der Waals surface area contributed by atoms with E-state index in [9.17, 15) is 10.1 Å². The second-order valence-electron chi connectivity index (χ2n) is 6.87. The van der Waals surface area contributed by atoms with E-state index in [0.29, 0.717) is 18.5 Å². The highest BCUT2D eigenvalue weighted by Gasteiger charge is 2.39. The zero-order valence-electron chi connectivity index (χ0n) is 14.7. The molecule has 5 N–H and O–H groups in total. The largest absolute Gasteiger partial charge is 0.370 e. The molecule has 2 aliphatic rings. The smallest absolute Gasteiger partial charge is 0.269 e. The Labute approximate surface area is 159 Å². The quantitative estimate of drug-likeness (QED) is 0.402. The third-order valence-electron chi connectivity index (χ3n) is 5.22. The van der Waals surface area contributed by atoms with Crippen molar-refractivity contribution in [1.29, 1.82) is 0 Å². The zero-order chi connectivity index (χ0) is 19.3. The number of aliphatic imine (C=N–C) groups is 1. The maximum Gasteiger partial charge on any atom is 0.269 e. The Morgan fingerprint density at radius 2 is 2.07 bits per heavy atom. The zero-order valence-corrected chi connectivity index (χ0v) is 14.7. The molecule has 0 spiro atoms. The molecule has 1 saturated heterocycles. The maximum absolute atomic E-state index is 11.2. The molecule has 1 aromatic heterocycles. The summed E-state index contributed by atoms with van der Waals surface area (Å²) in [5.74, 6) is 0.917. The fourth-order valence-electron chi connectivity index (χ4n) is 3.99. The number of nitro groups is 1. The number of guanidine groups is 1. The second kappa shape index (κ2) is 6.29. The van der Waals surface area contributed by atoms with E-state index < -0.39 is 0 Å². The Kier molecular flexibility index (Phi) is 3.74. The van der Waals surface area contributed by atoms with E-state index in [1.54, 1.807) is 12.1 Å². The first-order chi connectivity index (χ1) is 13.6. The van der Waals surface area contributed by atoms with Crippen LogP contribution in [0.15, 0.2) is 53.5 Å². The highest BCUT2D eigenvalue weighted by molar-refractivity contribution is 5.94. The van der Waals surface area contributed by atoms with Crippen molar-refractivity contribution in [3.05, 3.63) is 64.2 Å². The lowest BCUT2D eigenvalue weighted by Crippen LogP contribution is -2.35. The van der Waals surface area contributed by atoms with Crippen LogP contribution in [0.25, 0.3) is 11.0 Å². The predicted octanol–water partition coefficient (Wildman–Crippen LogP) is 1.65. The Hall–Kier alpha value is -3.50. The maximum atomic E-state index is 11.2. The molecular weight excluding hydrogens is 360 g/mol. The van der Waals surface area contributed by atoms with Gasteiger partial charge in [-0.05, 0) is 17.7 Å². The molecule has 3 unspecified atom stereocenters. The van der Waals surface area contributed by atoms with Crippen molar-refractivity contribution < 1.29 is 4.92 Å². The summed E-state index contributed by atoms with van der Waals surface area (Å²) in [5.41, 5.74) is 15.1. The lowest BCUT2D eigenvalue weighted by Gasteiger charge is -2.30. The van der Waals surface area contributed by atoms with Crippen molar-refractivity contribution in [2.24, 2.45) is 16.6 Å². The van der Waals surface area contributed by atoms with Crippen LogP contribution in [-0.4, -0.2) is 27.0 Å². The highest BCUT2D eigenvalue weighted by Crippen LogP contribution is 2.39. The molecule has 0 amide bonds. The van der Waals surface area contributed by atoms with Crippen LogP contribution in [0.1, 0.15) is 17.8 Å². The summed E-state index contributed by atoms with van der Waals surface area (Å²) < 4.78 is 2.04. The van der Waals surface area contributed by atoms with E-state index in [-0.39, 0.29) is 28.7 Å². The van der Waals surface area contributed by atoms with Gasteiger partial charge in [-0.3, -0.25) is 25.4 Å². The monoisotopic (exact) mass is 378 g/mol. The van der Waals surface area contributed by atoms with Crippen molar-refractivity contribution in [2.45, 2.75) is 12.2 Å². The van der Waals surface area contributed by atoms with Crippen LogP contribution in [-0.2, 0) is 0 Å². The number of nitrogens with one attached hydrogen (secondary N) is 3. The molecule has 10 heteroatoms. The number of hydrogen-bond donors (Lipinski definition) is 4. The average Bonchev–Trinajstić information content (AvgIpc) is 3.32. The van der Waals surface area contributed by atoms with Crippen molar-refractivity contribution >= 4 is 28.6 Å². The normalized spacial score (nSPS) is 23.9. The van der Waals surface area contributed by atoms with Gasteiger partial charge in [-0.2, -0.15) is 0 Å². The number of hydrogen-bond acceptors (Lipinski definition) is 8. The number of imidazole rings is 1. The standard InChI is InChI=1S/C18H18N8O2/c19-17-22-16(25-14-7-2-1-6-13(14)21-18(25)23-17)12-9-20-24-15(12)10-4-3-5-11(8-10)26(27)28/h1-8,12,15-16,20,24H,9H2,(H3,19,21,22,23). The van der Waals surface area contributed by atoms with Crippen molar-refractivity contribution in [1.82, 2.24) is 20.4 Å². The Balaban J connectivity index is 1.59. The number of nitrogens with two attached hydrogens (primary N) is 1. The molecule has 2 aromatic carbocycles. The van der Waals surface area contributed by atoms with E-state index in [2.05, 4.69) is 26.1 Å². The van der Waals surface area contributed by atoms with Gasteiger partial charge in [0.15, 0.2) is 5.96 Å². The fraction of sp³-hybridized carbons (Fsp3) is 0.222. The van der Waals surface area contributed by atoms with Gasteiger partial charge in [-0.1, -0.05) is 24.3 Å². The molecule has 3 heterocycles. The number of anilines is 1. The van der Waals surface area contributed by atoms with E-state index in [1.165, 1.54) is 6.07 Å². The van der Waals surface area contributed by atoms with Crippen molar-refractivity contribution in [2.75, 3.05) is 11.9 Å². The summed E-state index contributed by atoms with van der Waals surface area (Å²) in [6.07, 6.45) is -0.310. The van der Waals surface area contributed by atoms with Crippen LogP contribution in [0.4, 0.5) is 11.6 Å². The summed E-state index contributed by atoms with van der Waals surface area (Å²) in [6.45, 7) is 0.626. The number of aromatic nitrogens is 2. The molecule has 0 aliphatic carbocycles. The Morgan fingerprint density at radius 1 is 1.21 bits per heavy atom. The molecular formula is C18H18N8O2. The first-order valence-corrected chi connectivity index (χ1v) is 8.92. The molecule has 0 bridgehead atoms. The van der Waals surface area contributed by atoms with E-state index in [4.69, 9.17) is 5.73 Å². The third kappa shape index (κ3) is 2.58. The molecule has 28 heavy (non-hydrogen) atoms. The van der Waals surface area contributed by atoms with Crippen LogP contribution in [0.2, 0.25) is 0 Å². The van der Waals surface area contributed by atoms with Crippen LogP contribution < -0.4 is 21.9 Å². The number of fused-ring (bicyclic) bond motifs is 3. The summed E-state index contributed by atoms with van der Waals surface area (Å²) in [6, 6.07) is 14.3. The van der Waals surface area contributed by atoms with Gasteiger partial charge >= 0.3 is 0 Å². The summed E-state index contributed by atoms with van der Waals surface area (Å²) in [7, 11) is 0. The second-order valence-corrected chi connectivity index (χ2v) is 6.87. The number of non-ortho nitro benzene ring substituents is 1.